The van der Waals surface area contributed by atoms with Crippen LogP contribution in [0.2, 0.25) is 0 Å². The van der Waals surface area contributed by atoms with Gasteiger partial charge in [0.05, 0.1) is 0 Å². The monoisotopic (exact) mass is 308 g/mol. The van der Waals surface area contributed by atoms with Gasteiger partial charge >= 0.3 is 0 Å². The number of amides is 1. The maximum atomic E-state index is 12.9. The predicted octanol–water partition coefficient (Wildman–Crippen LogP) is 2.91. The Kier molecular flexibility index (Phi) is 5.43. The average Bonchev–Trinajstić information content (AvgIpc) is 2.90. The number of aryl methyl sites for hydroxylation is 2. The van der Waals surface area contributed by atoms with Crippen LogP contribution >= 0.6 is 0 Å². The zero-order valence-corrected chi connectivity index (χ0v) is 13.5. The van der Waals surface area contributed by atoms with E-state index in [0.717, 1.165) is 56.6 Å². The lowest BCUT2D eigenvalue weighted by atomic mass is 9.99. The second kappa shape index (κ2) is 7.93. The molecule has 1 fully saturated rings. The smallest absolute Gasteiger partial charge is 0.254 e. The number of benzene rings is 2. The Bertz CT molecular complexity index is 631. The zero-order valence-electron chi connectivity index (χ0n) is 13.5. The van der Waals surface area contributed by atoms with Gasteiger partial charge in [0.1, 0.15) is 0 Å². The van der Waals surface area contributed by atoms with Gasteiger partial charge in [-0.05, 0) is 43.0 Å². The molecule has 1 N–H and O–H groups in total. The first-order valence-corrected chi connectivity index (χ1v) is 8.46. The first-order valence-electron chi connectivity index (χ1n) is 8.46. The van der Waals surface area contributed by atoms with Crippen LogP contribution < -0.4 is 5.32 Å². The van der Waals surface area contributed by atoms with Crippen molar-refractivity contribution >= 4 is 5.91 Å². The number of nitrogens with zero attached hydrogens (tertiary/aromatic N) is 1. The molecule has 1 saturated heterocycles. The Hall–Kier alpha value is -2.13. The molecule has 0 atom stereocenters. The van der Waals surface area contributed by atoms with Crippen molar-refractivity contribution in [2.75, 3.05) is 26.2 Å². The van der Waals surface area contributed by atoms with Gasteiger partial charge in [0.25, 0.3) is 5.91 Å². The highest BCUT2D eigenvalue weighted by Gasteiger charge is 2.19. The summed E-state index contributed by atoms with van der Waals surface area (Å²) in [5.41, 5.74) is 3.33. The minimum Gasteiger partial charge on any atom is -0.337 e. The molecular weight excluding hydrogens is 284 g/mol. The van der Waals surface area contributed by atoms with Crippen LogP contribution in [0.5, 0.6) is 0 Å². The first kappa shape index (κ1) is 15.8. The van der Waals surface area contributed by atoms with E-state index in [-0.39, 0.29) is 5.91 Å². The summed E-state index contributed by atoms with van der Waals surface area (Å²) < 4.78 is 0. The van der Waals surface area contributed by atoms with E-state index in [9.17, 15) is 4.79 Å². The van der Waals surface area contributed by atoms with Gasteiger partial charge in [0, 0.05) is 25.2 Å². The number of nitrogens with one attached hydrogen (secondary N) is 1. The number of carbonyl (C=O) groups is 1. The largest absolute Gasteiger partial charge is 0.337 e. The summed E-state index contributed by atoms with van der Waals surface area (Å²) in [5, 5.41) is 3.35. The topological polar surface area (TPSA) is 32.3 Å². The van der Waals surface area contributed by atoms with Crippen molar-refractivity contribution in [3.63, 3.8) is 0 Å². The number of hydrogen-bond donors (Lipinski definition) is 1. The van der Waals surface area contributed by atoms with Crippen molar-refractivity contribution in [1.82, 2.24) is 10.2 Å². The molecule has 0 aromatic heterocycles. The molecule has 2 aromatic carbocycles. The fraction of sp³-hybridized carbons (Fsp3) is 0.350. The van der Waals surface area contributed by atoms with E-state index in [0.29, 0.717) is 0 Å². The van der Waals surface area contributed by atoms with Crippen molar-refractivity contribution in [3.8, 4) is 0 Å². The lowest BCUT2D eigenvalue weighted by molar-refractivity contribution is 0.0765. The van der Waals surface area contributed by atoms with Crippen molar-refractivity contribution in [2.45, 2.75) is 19.3 Å². The minimum absolute atomic E-state index is 0.178. The van der Waals surface area contributed by atoms with Crippen molar-refractivity contribution < 1.29 is 4.79 Å². The van der Waals surface area contributed by atoms with Crippen LogP contribution in [0, 0.1) is 0 Å². The number of hydrogen-bond acceptors (Lipinski definition) is 2. The molecule has 0 aliphatic carbocycles. The maximum Gasteiger partial charge on any atom is 0.254 e. The quantitative estimate of drug-likeness (QED) is 0.942. The number of carbonyl (C=O) groups excluding carboxylic acids is 1. The van der Waals surface area contributed by atoms with Gasteiger partial charge in [-0.3, -0.25) is 4.79 Å². The van der Waals surface area contributed by atoms with Crippen LogP contribution in [0.3, 0.4) is 0 Å². The van der Waals surface area contributed by atoms with E-state index in [1.165, 1.54) is 5.56 Å². The highest BCUT2D eigenvalue weighted by molar-refractivity contribution is 5.95. The third-order valence-electron chi connectivity index (χ3n) is 4.40. The molecule has 0 saturated carbocycles. The van der Waals surface area contributed by atoms with E-state index >= 15 is 0 Å². The normalized spacial score (nSPS) is 15.2. The van der Waals surface area contributed by atoms with E-state index in [1.54, 1.807) is 0 Å². The third-order valence-corrected chi connectivity index (χ3v) is 4.40. The summed E-state index contributed by atoms with van der Waals surface area (Å²) in [4.78, 5) is 14.9. The van der Waals surface area contributed by atoms with Gasteiger partial charge in [0.15, 0.2) is 0 Å². The maximum absolute atomic E-state index is 12.9. The Morgan fingerprint density at radius 2 is 1.70 bits per heavy atom. The average molecular weight is 308 g/mol. The second-order valence-electron chi connectivity index (χ2n) is 6.04. The van der Waals surface area contributed by atoms with Gasteiger partial charge in [-0.2, -0.15) is 0 Å². The molecule has 3 nitrogen and oxygen atoms in total. The lowest BCUT2D eigenvalue weighted by Gasteiger charge is -2.21. The van der Waals surface area contributed by atoms with Gasteiger partial charge in [0.2, 0.25) is 0 Å². The predicted molar refractivity (Wildman–Crippen MR) is 93.7 cm³/mol. The van der Waals surface area contributed by atoms with Crippen molar-refractivity contribution in [1.29, 1.82) is 0 Å². The summed E-state index contributed by atoms with van der Waals surface area (Å²) in [5.74, 6) is 0.178. The second-order valence-corrected chi connectivity index (χ2v) is 6.04. The van der Waals surface area contributed by atoms with Gasteiger partial charge in [-0.1, -0.05) is 48.5 Å². The highest BCUT2D eigenvalue weighted by Crippen LogP contribution is 2.15. The molecule has 1 heterocycles. The third kappa shape index (κ3) is 4.20. The molecule has 3 heteroatoms. The summed E-state index contributed by atoms with van der Waals surface area (Å²) in [6, 6.07) is 18.5. The molecule has 0 radical (unpaired) electrons. The van der Waals surface area contributed by atoms with Crippen LogP contribution in [0.25, 0.3) is 0 Å². The summed E-state index contributed by atoms with van der Waals surface area (Å²) in [6.45, 7) is 3.53. The van der Waals surface area contributed by atoms with Crippen LogP contribution in [-0.4, -0.2) is 37.0 Å². The summed E-state index contributed by atoms with van der Waals surface area (Å²) in [6.07, 6.45) is 2.89. The van der Waals surface area contributed by atoms with Crippen molar-refractivity contribution in [3.05, 3.63) is 71.3 Å². The Balaban J connectivity index is 1.73. The lowest BCUT2D eigenvalue weighted by Crippen LogP contribution is -2.34. The number of rotatable bonds is 4. The van der Waals surface area contributed by atoms with Crippen LogP contribution in [0.15, 0.2) is 54.6 Å². The summed E-state index contributed by atoms with van der Waals surface area (Å²) >= 11 is 0. The van der Waals surface area contributed by atoms with E-state index in [2.05, 4.69) is 35.6 Å². The standard InChI is InChI=1S/C20H24N2O/c23-20(22-15-6-13-21-14-16-22)19-10-5-4-9-18(19)12-11-17-7-2-1-3-8-17/h1-5,7-10,21H,6,11-16H2. The van der Waals surface area contributed by atoms with Crippen LogP contribution in [0.1, 0.15) is 27.9 Å². The molecule has 0 spiro atoms. The van der Waals surface area contributed by atoms with E-state index in [4.69, 9.17) is 0 Å². The van der Waals surface area contributed by atoms with Gasteiger partial charge in [-0.25, -0.2) is 0 Å². The molecule has 0 bridgehead atoms. The van der Waals surface area contributed by atoms with E-state index in [1.807, 2.05) is 29.2 Å². The molecule has 0 unspecified atom stereocenters. The fourth-order valence-electron chi connectivity index (χ4n) is 3.09. The van der Waals surface area contributed by atoms with Gasteiger partial charge in [-0.15, -0.1) is 0 Å². The molecule has 1 aliphatic heterocycles. The fourth-order valence-corrected chi connectivity index (χ4v) is 3.09. The molecular formula is C20H24N2O. The molecule has 120 valence electrons. The Labute approximate surface area is 138 Å². The summed E-state index contributed by atoms with van der Waals surface area (Å²) in [7, 11) is 0. The molecule has 1 amide bonds. The molecule has 3 rings (SSSR count). The van der Waals surface area contributed by atoms with Crippen LogP contribution in [0.4, 0.5) is 0 Å². The minimum atomic E-state index is 0.178. The molecule has 1 aliphatic rings. The SMILES string of the molecule is O=C(c1ccccc1CCc1ccccc1)N1CCCNCC1. The zero-order chi connectivity index (χ0) is 15.9. The Morgan fingerprint density at radius 1 is 0.913 bits per heavy atom. The van der Waals surface area contributed by atoms with E-state index < -0.39 is 0 Å². The van der Waals surface area contributed by atoms with Crippen LogP contribution in [-0.2, 0) is 12.8 Å². The molecule has 23 heavy (non-hydrogen) atoms. The highest BCUT2D eigenvalue weighted by atomic mass is 16.2. The van der Waals surface area contributed by atoms with Crippen molar-refractivity contribution in [2.24, 2.45) is 0 Å². The first-order chi connectivity index (χ1) is 11.3. The van der Waals surface area contributed by atoms with Gasteiger partial charge < -0.3 is 10.2 Å². The Morgan fingerprint density at radius 3 is 2.57 bits per heavy atom. The molecule has 2 aromatic rings.